The molecule has 3 aliphatic rings. The Morgan fingerprint density at radius 3 is 2.84 bits per heavy atom. The lowest BCUT2D eigenvalue weighted by Gasteiger charge is -2.40. The second kappa shape index (κ2) is 7.33. The van der Waals surface area contributed by atoms with Crippen LogP contribution in [0.25, 0.3) is 11.1 Å². The Kier molecular flexibility index (Phi) is 4.84. The molecule has 0 N–H and O–H groups in total. The number of rotatable bonds is 2. The Bertz CT molecular complexity index is 1100. The van der Waals surface area contributed by atoms with Crippen LogP contribution in [0.3, 0.4) is 0 Å². The third-order valence-electron chi connectivity index (χ3n) is 5.99. The minimum atomic E-state index is -0.858. The van der Waals surface area contributed by atoms with Crippen molar-refractivity contribution in [1.29, 1.82) is 0 Å². The zero-order valence-corrected chi connectivity index (χ0v) is 18.5. The highest BCUT2D eigenvalue weighted by Crippen LogP contribution is 2.53. The number of hydrogen-bond acceptors (Lipinski definition) is 5. The molecule has 0 spiro atoms. The third-order valence-corrected chi connectivity index (χ3v) is 7.09. The lowest BCUT2D eigenvalue weighted by Crippen LogP contribution is -2.52. The van der Waals surface area contributed by atoms with Gasteiger partial charge in [-0.25, -0.2) is 13.6 Å². The van der Waals surface area contributed by atoms with Crippen molar-refractivity contribution >= 4 is 29.6 Å². The summed E-state index contributed by atoms with van der Waals surface area (Å²) in [7, 11) is 0. The van der Waals surface area contributed by atoms with E-state index in [-0.39, 0.29) is 29.5 Å². The molecule has 7 heteroatoms. The highest BCUT2D eigenvalue weighted by molar-refractivity contribution is 7.99. The molecule has 0 bridgehead atoms. The first kappa shape index (κ1) is 20.5. The first-order valence-electron chi connectivity index (χ1n) is 10.5. The zero-order valence-electron chi connectivity index (χ0n) is 17.7. The molecule has 1 unspecified atom stereocenters. The number of anilines is 1. The van der Waals surface area contributed by atoms with Gasteiger partial charge >= 0.3 is 5.97 Å². The smallest absolute Gasteiger partial charge is 0.330 e. The molecule has 0 amide bonds. The summed E-state index contributed by atoms with van der Waals surface area (Å²) in [5.41, 5.74) is 2.36. The van der Waals surface area contributed by atoms with E-state index in [0.29, 0.717) is 17.9 Å². The van der Waals surface area contributed by atoms with Crippen molar-refractivity contribution in [3.63, 3.8) is 0 Å². The molecule has 0 saturated carbocycles. The van der Waals surface area contributed by atoms with Gasteiger partial charge in [-0.3, -0.25) is 4.99 Å². The van der Waals surface area contributed by atoms with Crippen molar-refractivity contribution in [1.82, 2.24) is 0 Å². The van der Waals surface area contributed by atoms with Crippen LogP contribution in [0.4, 0.5) is 14.5 Å². The second-order valence-electron chi connectivity index (χ2n) is 9.22. The minimum absolute atomic E-state index is 0.0164. The number of hydrogen-bond donors (Lipinski definition) is 0. The van der Waals surface area contributed by atoms with Gasteiger partial charge in [-0.05, 0) is 56.5 Å². The molecule has 2 aromatic rings. The predicted octanol–water partition coefficient (Wildman–Crippen LogP) is 5.19. The quantitative estimate of drug-likeness (QED) is 0.600. The topological polar surface area (TPSA) is 41.9 Å². The molecule has 0 radical (unpaired) electrons. The summed E-state index contributed by atoms with van der Waals surface area (Å²) in [6.07, 6.45) is 2.79. The van der Waals surface area contributed by atoms with Gasteiger partial charge in [0.2, 0.25) is 0 Å². The fourth-order valence-corrected chi connectivity index (χ4v) is 5.98. The Labute approximate surface area is 184 Å². The number of ether oxygens (including phenoxy) is 1. The van der Waals surface area contributed by atoms with Crippen LogP contribution in [0.2, 0.25) is 0 Å². The number of halogens is 2. The van der Waals surface area contributed by atoms with Crippen molar-refractivity contribution in [3.05, 3.63) is 47.5 Å². The summed E-state index contributed by atoms with van der Waals surface area (Å²) in [5, 5.41) is 0. The van der Waals surface area contributed by atoms with Gasteiger partial charge in [-0.1, -0.05) is 12.1 Å². The van der Waals surface area contributed by atoms with Gasteiger partial charge in [0.25, 0.3) is 0 Å². The normalized spacial score (nSPS) is 24.0. The third kappa shape index (κ3) is 3.43. The maximum Gasteiger partial charge on any atom is 0.330 e. The van der Waals surface area contributed by atoms with E-state index >= 15 is 0 Å². The largest absolute Gasteiger partial charge is 0.458 e. The van der Waals surface area contributed by atoms with E-state index in [4.69, 9.17) is 4.74 Å². The highest BCUT2D eigenvalue weighted by Gasteiger charge is 2.48. The number of benzene rings is 2. The van der Waals surface area contributed by atoms with E-state index in [1.54, 1.807) is 17.8 Å². The number of carbonyl (C=O) groups is 1. The molecule has 0 saturated heterocycles. The second-order valence-corrected chi connectivity index (χ2v) is 10.3. The average Bonchev–Trinajstić information content (AvgIpc) is 3.05. The summed E-state index contributed by atoms with van der Waals surface area (Å²) in [6.45, 7) is 6.33. The Morgan fingerprint density at radius 1 is 1.26 bits per heavy atom. The van der Waals surface area contributed by atoms with Gasteiger partial charge in [-0.2, -0.15) is 0 Å². The molecule has 162 valence electrons. The standard InChI is InChI=1S/C24H24F2N2O2S/c1-24(2,3)30-23(29)19-12-31-20-10-13(14-5-4-6-17(25)21(14)26)9-15-16-11-27-8-7-18(16)28(19)22(15)20/h4-6,9-11,16,18-19H,7-8,12H2,1-3H3/t16-,18+,19?/m1/s1. The molecule has 31 heavy (non-hydrogen) atoms. The van der Waals surface area contributed by atoms with Gasteiger partial charge in [0.05, 0.1) is 5.69 Å². The monoisotopic (exact) mass is 442 g/mol. The zero-order chi connectivity index (χ0) is 21.9. The molecular weight excluding hydrogens is 418 g/mol. The number of thioether (sulfide) groups is 1. The van der Waals surface area contributed by atoms with Gasteiger partial charge in [0, 0.05) is 40.9 Å². The summed E-state index contributed by atoms with van der Waals surface area (Å²) in [4.78, 5) is 20.7. The van der Waals surface area contributed by atoms with Gasteiger partial charge in [0.1, 0.15) is 11.6 Å². The molecular formula is C24H24F2N2O2S. The summed E-state index contributed by atoms with van der Waals surface area (Å²) < 4.78 is 34.2. The number of fused-ring (bicyclic) bond motifs is 3. The first-order chi connectivity index (χ1) is 14.7. The molecule has 0 aromatic heterocycles. The fourth-order valence-electron chi connectivity index (χ4n) is 4.78. The molecule has 0 fully saturated rings. The van der Waals surface area contributed by atoms with Crippen LogP contribution < -0.4 is 4.90 Å². The Balaban J connectivity index is 1.63. The van der Waals surface area contributed by atoms with Crippen LogP contribution >= 0.6 is 11.8 Å². The van der Waals surface area contributed by atoms with Crippen molar-refractivity contribution in [2.24, 2.45) is 4.99 Å². The van der Waals surface area contributed by atoms with E-state index in [2.05, 4.69) is 9.89 Å². The molecule has 3 heterocycles. The van der Waals surface area contributed by atoms with Crippen LogP contribution in [0.5, 0.6) is 0 Å². The maximum absolute atomic E-state index is 14.5. The molecule has 5 rings (SSSR count). The fraction of sp³-hybridized carbons (Fsp3) is 0.417. The number of aliphatic imine (C=N–C) groups is 1. The highest BCUT2D eigenvalue weighted by atomic mass is 32.2. The average molecular weight is 443 g/mol. The SMILES string of the molecule is CC(C)(C)OC(=O)C1CSc2cc(-c3cccc(F)c3F)cc3c2N1[C@H]1CCN=C[C@H]31. The molecule has 4 nitrogen and oxygen atoms in total. The van der Waals surface area contributed by atoms with Crippen LogP contribution in [0, 0.1) is 11.6 Å². The van der Waals surface area contributed by atoms with E-state index in [0.717, 1.165) is 28.6 Å². The number of esters is 1. The maximum atomic E-state index is 14.5. The van der Waals surface area contributed by atoms with Crippen LogP contribution in [-0.4, -0.2) is 42.2 Å². The summed E-state index contributed by atoms with van der Waals surface area (Å²) in [5.74, 6) is -1.35. The lowest BCUT2D eigenvalue weighted by atomic mass is 9.90. The predicted molar refractivity (Wildman–Crippen MR) is 119 cm³/mol. The van der Waals surface area contributed by atoms with E-state index in [9.17, 15) is 13.6 Å². The molecule has 3 aliphatic heterocycles. The van der Waals surface area contributed by atoms with Crippen LogP contribution in [-0.2, 0) is 9.53 Å². The van der Waals surface area contributed by atoms with E-state index < -0.39 is 17.2 Å². The van der Waals surface area contributed by atoms with Crippen LogP contribution in [0.1, 0.15) is 38.7 Å². The van der Waals surface area contributed by atoms with Crippen LogP contribution in [0.15, 0.2) is 40.2 Å². The van der Waals surface area contributed by atoms with Gasteiger partial charge in [0.15, 0.2) is 11.6 Å². The Morgan fingerprint density at radius 2 is 2.06 bits per heavy atom. The summed E-state index contributed by atoms with van der Waals surface area (Å²) >= 11 is 1.57. The van der Waals surface area contributed by atoms with Gasteiger partial charge in [-0.15, -0.1) is 11.8 Å². The molecule has 3 atom stereocenters. The number of carbonyl (C=O) groups excluding carboxylic acids is 1. The Hall–Kier alpha value is -2.41. The van der Waals surface area contributed by atoms with Crippen molar-refractivity contribution in [3.8, 4) is 11.1 Å². The van der Waals surface area contributed by atoms with Gasteiger partial charge < -0.3 is 9.64 Å². The molecule has 0 aliphatic carbocycles. The van der Waals surface area contributed by atoms with Crippen molar-refractivity contribution in [2.75, 3.05) is 17.2 Å². The first-order valence-corrected chi connectivity index (χ1v) is 11.5. The number of nitrogens with zero attached hydrogens (tertiary/aromatic N) is 2. The van der Waals surface area contributed by atoms with E-state index in [1.807, 2.05) is 39.1 Å². The lowest BCUT2D eigenvalue weighted by molar-refractivity contribution is -0.156. The summed E-state index contributed by atoms with van der Waals surface area (Å²) in [6, 6.07) is 7.82. The molecule has 2 aromatic carbocycles. The van der Waals surface area contributed by atoms with Crippen molar-refractivity contribution < 1.29 is 18.3 Å². The van der Waals surface area contributed by atoms with Crippen molar-refractivity contribution in [2.45, 2.75) is 55.7 Å². The minimum Gasteiger partial charge on any atom is -0.458 e. The van der Waals surface area contributed by atoms with E-state index in [1.165, 1.54) is 6.07 Å².